The van der Waals surface area contributed by atoms with Gasteiger partial charge >= 0.3 is 0 Å². The minimum Gasteiger partial charge on any atom is -0.258 e. The summed E-state index contributed by atoms with van der Waals surface area (Å²) >= 11 is 1.45. The molecule has 0 saturated heterocycles. The van der Waals surface area contributed by atoms with Crippen molar-refractivity contribution in [1.82, 2.24) is 4.98 Å². The number of anilines is 1. The number of aryl methyl sites for hydroxylation is 2. The quantitative estimate of drug-likeness (QED) is 0.383. The maximum Gasteiger partial charge on any atom is 0.269 e. The number of fused-ring (bicyclic) bond motifs is 1. The largest absolute Gasteiger partial charge is 0.269 e. The van der Waals surface area contributed by atoms with Gasteiger partial charge in [-0.1, -0.05) is 12.1 Å². The van der Waals surface area contributed by atoms with Crippen LogP contribution in [-0.4, -0.2) is 15.6 Å². The van der Waals surface area contributed by atoms with Crippen LogP contribution in [0.5, 0.6) is 0 Å². The Balaban J connectivity index is 1.47. The second kappa shape index (κ2) is 7.28. The summed E-state index contributed by atoms with van der Waals surface area (Å²) in [6, 6.07) is 12.9. The Morgan fingerprint density at radius 2 is 1.96 bits per heavy atom. The van der Waals surface area contributed by atoms with Gasteiger partial charge < -0.3 is 0 Å². The lowest BCUT2D eigenvalue weighted by atomic mass is 10.0. The Labute approximate surface area is 160 Å². The number of hydrogen-bond acceptors (Lipinski definition) is 6. The first-order valence-corrected chi connectivity index (χ1v) is 9.61. The summed E-state index contributed by atoms with van der Waals surface area (Å²) in [4.78, 5) is 14.8. The summed E-state index contributed by atoms with van der Waals surface area (Å²) in [6.07, 6.45) is 3.56. The molecule has 0 atom stereocenters. The normalized spacial score (nSPS) is 13.4. The molecule has 0 fully saturated rings. The number of nitrogens with zero attached hydrogens (tertiary/aromatic N) is 3. The summed E-state index contributed by atoms with van der Waals surface area (Å²) < 4.78 is 0. The highest BCUT2D eigenvalue weighted by Crippen LogP contribution is 2.27. The number of thiazole rings is 1. The molecule has 1 aliphatic carbocycles. The molecule has 0 spiro atoms. The monoisotopic (exact) mass is 378 g/mol. The van der Waals surface area contributed by atoms with Gasteiger partial charge in [-0.05, 0) is 61.1 Å². The van der Waals surface area contributed by atoms with E-state index in [2.05, 4.69) is 33.7 Å². The van der Waals surface area contributed by atoms with E-state index in [1.807, 2.05) is 12.3 Å². The first-order chi connectivity index (χ1) is 13.1. The highest BCUT2D eigenvalue weighted by molar-refractivity contribution is 7.14. The molecule has 1 N–H and O–H groups in total. The van der Waals surface area contributed by atoms with Crippen molar-refractivity contribution in [1.29, 1.82) is 0 Å². The minimum absolute atomic E-state index is 0.0712. The van der Waals surface area contributed by atoms with E-state index >= 15 is 0 Å². The van der Waals surface area contributed by atoms with Crippen LogP contribution in [0.1, 0.15) is 30.0 Å². The van der Waals surface area contributed by atoms with Crippen molar-refractivity contribution in [2.75, 3.05) is 5.43 Å². The molecule has 0 saturated carbocycles. The van der Waals surface area contributed by atoms with Crippen LogP contribution >= 0.6 is 11.3 Å². The molecular formula is C20H18N4O2S. The molecule has 27 heavy (non-hydrogen) atoms. The van der Waals surface area contributed by atoms with Gasteiger partial charge in [0.05, 0.1) is 16.3 Å². The van der Waals surface area contributed by atoms with Gasteiger partial charge in [0.15, 0.2) is 0 Å². The number of hydrazone groups is 1. The van der Waals surface area contributed by atoms with Gasteiger partial charge in [-0.25, -0.2) is 4.98 Å². The molecular weight excluding hydrogens is 360 g/mol. The topological polar surface area (TPSA) is 80.4 Å². The maximum absolute atomic E-state index is 10.7. The summed E-state index contributed by atoms with van der Waals surface area (Å²) in [5.41, 5.74) is 9.61. The van der Waals surface area contributed by atoms with Crippen LogP contribution < -0.4 is 5.43 Å². The molecule has 3 aromatic rings. The second-order valence-electron chi connectivity index (χ2n) is 6.49. The predicted molar refractivity (Wildman–Crippen MR) is 109 cm³/mol. The summed E-state index contributed by atoms with van der Waals surface area (Å²) in [5, 5.41) is 17.8. The van der Waals surface area contributed by atoms with E-state index < -0.39 is 4.92 Å². The Kier molecular flexibility index (Phi) is 4.68. The van der Waals surface area contributed by atoms with Gasteiger partial charge in [-0.2, -0.15) is 5.10 Å². The number of nitro benzene ring substituents is 1. The van der Waals surface area contributed by atoms with Crippen molar-refractivity contribution in [3.8, 4) is 11.3 Å². The predicted octanol–water partition coefficient (Wildman–Crippen LogP) is 5.04. The Morgan fingerprint density at radius 3 is 2.74 bits per heavy atom. The van der Waals surface area contributed by atoms with Crippen LogP contribution in [0.2, 0.25) is 0 Å². The van der Waals surface area contributed by atoms with Gasteiger partial charge in [-0.15, -0.1) is 11.3 Å². The SMILES string of the molecule is CC(=NNc1nc(-c2ccc([N+](=O)[O-])cc2)cs1)c1ccc2c(c1)CCC2. The fourth-order valence-corrected chi connectivity index (χ4v) is 3.87. The van der Waals surface area contributed by atoms with E-state index in [4.69, 9.17) is 0 Å². The molecule has 0 amide bonds. The smallest absolute Gasteiger partial charge is 0.258 e. The number of non-ortho nitro benzene ring substituents is 1. The minimum atomic E-state index is -0.408. The third-order valence-corrected chi connectivity index (χ3v) is 5.46. The van der Waals surface area contributed by atoms with E-state index in [1.165, 1.54) is 47.4 Å². The van der Waals surface area contributed by atoms with Gasteiger partial charge in [0.2, 0.25) is 5.13 Å². The van der Waals surface area contributed by atoms with Crippen molar-refractivity contribution < 1.29 is 4.92 Å². The second-order valence-corrected chi connectivity index (χ2v) is 7.35. The number of hydrogen-bond donors (Lipinski definition) is 1. The fourth-order valence-electron chi connectivity index (χ4n) is 3.20. The molecule has 136 valence electrons. The van der Waals surface area contributed by atoms with Crippen molar-refractivity contribution in [3.63, 3.8) is 0 Å². The van der Waals surface area contributed by atoms with Crippen LogP contribution in [0.3, 0.4) is 0 Å². The Morgan fingerprint density at radius 1 is 1.19 bits per heavy atom. The van der Waals surface area contributed by atoms with Gasteiger partial charge in [0.1, 0.15) is 0 Å². The first kappa shape index (κ1) is 17.4. The van der Waals surface area contributed by atoms with Crippen LogP contribution in [0, 0.1) is 10.1 Å². The number of benzene rings is 2. The highest BCUT2D eigenvalue weighted by atomic mass is 32.1. The lowest BCUT2D eigenvalue weighted by Crippen LogP contribution is -2.00. The Hall–Kier alpha value is -3.06. The lowest BCUT2D eigenvalue weighted by Gasteiger charge is -2.05. The zero-order chi connectivity index (χ0) is 18.8. The summed E-state index contributed by atoms with van der Waals surface area (Å²) in [6.45, 7) is 1.98. The van der Waals surface area contributed by atoms with Crippen molar-refractivity contribution >= 4 is 27.9 Å². The summed E-state index contributed by atoms with van der Waals surface area (Å²) in [5.74, 6) is 0. The van der Waals surface area contributed by atoms with Crippen molar-refractivity contribution in [3.05, 3.63) is 74.6 Å². The third-order valence-electron chi connectivity index (χ3n) is 4.71. The molecule has 1 aromatic heterocycles. The fraction of sp³-hybridized carbons (Fsp3) is 0.200. The maximum atomic E-state index is 10.7. The zero-order valence-electron chi connectivity index (χ0n) is 14.8. The van der Waals surface area contributed by atoms with Crippen LogP contribution in [0.25, 0.3) is 11.3 Å². The third kappa shape index (κ3) is 3.73. The molecule has 2 aromatic carbocycles. The number of rotatable bonds is 5. The number of nitrogens with one attached hydrogen (secondary N) is 1. The van der Waals surface area contributed by atoms with Crippen LogP contribution in [-0.2, 0) is 12.8 Å². The molecule has 1 aliphatic rings. The van der Waals surface area contributed by atoms with E-state index in [1.54, 1.807) is 12.1 Å². The number of aromatic nitrogens is 1. The summed E-state index contributed by atoms with van der Waals surface area (Å²) in [7, 11) is 0. The zero-order valence-corrected chi connectivity index (χ0v) is 15.6. The lowest BCUT2D eigenvalue weighted by molar-refractivity contribution is -0.384. The molecule has 6 nitrogen and oxygen atoms in total. The van der Waals surface area contributed by atoms with Crippen molar-refractivity contribution in [2.24, 2.45) is 5.10 Å². The molecule has 7 heteroatoms. The van der Waals surface area contributed by atoms with Gasteiger partial charge in [0.25, 0.3) is 5.69 Å². The first-order valence-electron chi connectivity index (χ1n) is 8.73. The van der Waals surface area contributed by atoms with E-state index in [0.29, 0.717) is 5.13 Å². The molecule has 0 unspecified atom stereocenters. The average Bonchev–Trinajstić information content (AvgIpc) is 3.35. The molecule has 4 rings (SSSR count). The average molecular weight is 378 g/mol. The van der Waals surface area contributed by atoms with Gasteiger partial charge in [-0.3, -0.25) is 15.5 Å². The molecule has 0 radical (unpaired) electrons. The Bertz CT molecular complexity index is 1020. The molecule has 0 bridgehead atoms. The van der Waals surface area contributed by atoms with Crippen LogP contribution in [0.4, 0.5) is 10.8 Å². The standard InChI is InChI=1S/C20H18N4O2S/c1-13(16-6-5-14-3-2-4-17(14)11-16)22-23-20-21-19(12-27-20)15-7-9-18(10-8-15)24(25)26/h5-12H,2-4H2,1H3,(H,21,23). The van der Waals surface area contributed by atoms with Gasteiger partial charge in [0, 0.05) is 23.1 Å². The number of nitro groups is 1. The van der Waals surface area contributed by atoms with Crippen LogP contribution in [0.15, 0.2) is 52.9 Å². The van der Waals surface area contributed by atoms with Crippen molar-refractivity contribution in [2.45, 2.75) is 26.2 Å². The molecule has 0 aliphatic heterocycles. The highest BCUT2D eigenvalue weighted by Gasteiger charge is 2.12. The molecule has 1 heterocycles. The van der Waals surface area contributed by atoms with E-state index in [-0.39, 0.29) is 5.69 Å². The van der Waals surface area contributed by atoms with E-state index in [9.17, 15) is 10.1 Å². The van der Waals surface area contributed by atoms with E-state index in [0.717, 1.165) is 29.0 Å².